The van der Waals surface area contributed by atoms with Gasteiger partial charge in [-0.15, -0.1) is 0 Å². The van der Waals surface area contributed by atoms with Crippen LogP contribution in [0.1, 0.15) is 23.1 Å². The van der Waals surface area contributed by atoms with Crippen molar-refractivity contribution in [2.45, 2.75) is 31.0 Å². The van der Waals surface area contributed by atoms with Crippen LogP contribution in [0.15, 0.2) is 29.2 Å². The van der Waals surface area contributed by atoms with E-state index >= 15 is 0 Å². The number of alkyl halides is 3. The van der Waals surface area contributed by atoms with E-state index < -0.39 is 38.9 Å². The number of carbonyl (C=O) groups excluding carboxylic acids is 1. The Hall–Kier alpha value is -2.11. The van der Waals surface area contributed by atoms with Crippen LogP contribution in [0.3, 0.4) is 0 Å². The molecule has 2 rings (SSSR count). The minimum atomic E-state index is -4.77. The fourth-order valence-electron chi connectivity index (χ4n) is 2.29. The third-order valence-corrected chi connectivity index (χ3v) is 5.96. The molecular weight excluding hydrogens is 426 g/mol. The number of amides is 1. The minimum absolute atomic E-state index is 0.0594. The molecule has 1 atom stereocenters. The number of hydrogen-bond acceptors (Lipinski definition) is 3. The molecule has 28 heavy (non-hydrogen) atoms. The highest BCUT2D eigenvalue weighted by Gasteiger charge is 2.39. The summed E-state index contributed by atoms with van der Waals surface area (Å²) in [6, 6.07) is 2.09. The van der Waals surface area contributed by atoms with Crippen LogP contribution < -0.4 is 10.0 Å². The topological polar surface area (TPSA) is 80.2 Å². The van der Waals surface area contributed by atoms with Crippen LogP contribution >= 0.6 is 11.6 Å². The van der Waals surface area contributed by atoms with Crippen molar-refractivity contribution in [1.82, 2.24) is 9.29 Å². The van der Waals surface area contributed by atoms with Crippen molar-refractivity contribution < 1.29 is 30.8 Å². The molecule has 0 saturated carbocycles. The van der Waals surface area contributed by atoms with E-state index in [0.717, 1.165) is 18.2 Å². The first kappa shape index (κ1) is 22.2. The van der Waals surface area contributed by atoms with Crippen molar-refractivity contribution in [2.24, 2.45) is 7.05 Å². The Morgan fingerprint density at radius 2 is 1.86 bits per heavy atom. The summed E-state index contributed by atoms with van der Waals surface area (Å²) in [6.45, 7) is 2.01. The number of nitrogens with one attached hydrogen (secondary N) is 2. The lowest BCUT2D eigenvalue weighted by atomic mass is 10.3. The number of halogens is 5. The average Bonchev–Trinajstić information content (AvgIpc) is 2.86. The molecule has 0 unspecified atom stereocenters. The molecule has 0 saturated heterocycles. The zero-order chi connectivity index (χ0) is 21.4. The van der Waals surface area contributed by atoms with E-state index in [-0.39, 0.29) is 22.1 Å². The molecule has 0 radical (unpaired) electrons. The van der Waals surface area contributed by atoms with Crippen LogP contribution in [0, 0.1) is 12.7 Å². The SMILES string of the molecule is Cc1c(S(=O)(=O)N[C@H](C)C(F)(F)F)cc(C(=O)Nc2ccc(F)c(Cl)c2)n1C. The summed E-state index contributed by atoms with van der Waals surface area (Å²) in [4.78, 5) is 12.0. The maximum absolute atomic E-state index is 13.2. The van der Waals surface area contributed by atoms with E-state index in [1.807, 2.05) is 0 Å². The van der Waals surface area contributed by atoms with Gasteiger partial charge in [-0.2, -0.15) is 17.9 Å². The van der Waals surface area contributed by atoms with Crippen molar-refractivity contribution in [2.75, 3.05) is 5.32 Å². The fraction of sp³-hybridized carbons (Fsp3) is 0.312. The Labute approximate surface area is 163 Å². The van der Waals surface area contributed by atoms with Gasteiger partial charge in [-0.3, -0.25) is 4.79 Å². The van der Waals surface area contributed by atoms with Crippen LogP contribution in [0.5, 0.6) is 0 Å². The molecule has 154 valence electrons. The monoisotopic (exact) mass is 441 g/mol. The predicted molar refractivity (Wildman–Crippen MR) is 95.4 cm³/mol. The normalized spacial score (nSPS) is 13.4. The Morgan fingerprint density at radius 1 is 1.25 bits per heavy atom. The number of sulfonamides is 1. The third kappa shape index (κ3) is 4.65. The van der Waals surface area contributed by atoms with E-state index in [0.29, 0.717) is 6.92 Å². The number of anilines is 1. The van der Waals surface area contributed by atoms with Crippen molar-refractivity contribution in [1.29, 1.82) is 0 Å². The first-order chi connectivity index (χ1) is 12.7. The van der Waals surface area contributed by atoms with Crippen LogP contribution in [0.4, 0.5) is 23.2 Å². The van der Waals surface area contributed by atoms with Crippen molar-refractivity contribution in [3.05, 3.63) is 46.5 Å². The zero-order valence-electron chi connectivity index (χ0n) is 14.9. The van der Waals surface area contributed by atoms with Gasteiger partial charge in [0.05, 0.1) is 5.02 Å². The van der Waals surface area contributed by atoms with Crippen molar-refractivity contribution in [3.63, 3.8) is 0 Å². The van der Waals surface area contributed by atoms with E-state index in [9.17, 15) is 30.8 Å². The molecule has 0 fully saturated rings. The molecule has 0 spiro atoms. The lowest BCUT2D eigenvalue weighted by Crippen LogP contribution is -2.43. The molecule has 2 N–H and O–H groups in total. The standard InChI is InChI=1S/C16H16ClF4N3O3S/c1-8-14(28(26,27)23-9(2)16(19,20)21)7-13(24(8)3)15(25)22-10-4-5-12(18)11(17)6-10/h4-7,9,23H,1-3H3,(H,22,25)/t9-/m1/s1. The summed E-state index contributed by atoms with van der Waals surface area (Å²) >= 11 is 5.64. The first-order valence-corrected chi connectivity index (χ1v) is 9.62. The summed E-state index contributed by atoms with van der Waals surface area (Å²) < 4.78 is 78.6. The molecule has 0 bridgehead atoms. The molecule has 0 aliphatic carbocycles. The summed E-state index contributed by atoms with van der Waals surface area (Å²) in [5.41, 5.74) is 0.0885. The van der Waals surface area contributed by atoms with E-state index in [2.05, 4.69) is 5.32 Å². The van der Waals surface area contributed by atoms with Gasteiger partial charge in [-0.25, -0.2) is 12.8 Å². The van der Waals surface area contributed by atoms with Gasteiger partial charge in [0.25, 0.3) is 5.91 Å². The highest BCUT2D eigenvalue weighted by molar-refractivity contribution is 7.89. The van der Waals surface area contributed by atoms with Gasteiger partial charge in [0, 0.05) is 18.4 Å². The number of nitrogens with zero attached hydrogens (tertiary/aromatic N) is 1. The molecule has 0 aliphatic rings. The van der Waals surface area contributed by atoms with Crippen LogP contribution in [0.25, 0.3) is 0 Å². The molecule has 12 heteroatoms. The van der Waals surface area contributed by atoms with Crippen LogP contribution in [-0.4, -0.2) is 31.1 Å². The summed E-state index contributed by atoms with van der Waals surface area (Å²) in [6.07, 6.45) is -4.77. The zero-order valence-corrected chi connectivity index (χ0v) is 16.4. The molecular formula is C16H16ClF4N3O3S. The number of aromatic nitrogens is 1. The third-order valence-electron chi connectivity index (χ3n) is 4.01. The quantitative estimate of drug-likeness (QED) is 0.696. The molecule has 1 amide bonds. The van der Waals surface area contributed by atoms with E-state index in [1.165, 1.54) is 29.3 Å². The largest absolute Gasteiger partial charge is 0.404 e. The molecule has 1 heterocycles. The molecule has 6 nitrogen and oxygen atoms in total. The van der Waals surface area contributed by atoms with Gasteiger partial charge < -0.3 is 9.88 Å². The maximum Gasteiger partial charge on any atom is 0.404 e. The Bertz CT molecular complexity index is 1020. The van der Waals surface area contributed by atoms with Gasteiger partial charge in [0.15, 0.2) is 0 Å². The molecule has 0 aliphatic heterocycles. The Balaban J connectivity index is 2.33. The second-order valence-corrected chi connectivity index (χ2v) is 8.10. The van der Waals surface area contributed by atoms with Gasteiger partial charge >= 0.3 is 6.18 Å². The second kappa shape index (κ2) is 7.72. The molecule has 1 aromatic heterocycles. The van der Waals surface area contributed by atoms with E-state index in [4.69, 9.17) is 11.6 Å². The lowest BCUT2D eigenvalue weighted by Gasteiger charge is -2.17. The highest BCUT2D eigenvalue weighted by Crippen LogP contribution is 2.25. The summed E-state index contributed by atoms with van der Waals surface area (Å²) in [7, 11) is -3.15. The van der Waals surface area contributed by atoms with Gasteiger partial charge in [0.2, 0.25) is 10.0 Å². The van der Waals surface area contributed by atoms with Crippen LogP contribution in [0.2, 0.25) is 5.02 Å². The molecule has 2 aromatic rings. The van der Waals surface area contributed by atoms with Gasteiger partial charge in [-0.1, -0.05) is 11.6 Å². The van der Waals surface area contributed by atoms with Gasteiger partial charge in [-0.05, 0) is 38.1 Å². The second-order valence-electron chi connectivity index (χ2n) is 6.01. The fourth-order valence-corrected chi connectivity index (χ4v) is 3.99. The van der Waals surface area contributed by atoms with Crippen molar-refractivity contribution in [3.8, 4) is 0 Å². The Morgan fingerprint density at radius 3 is 2.39 bits per heavy atom. The predicted octanol–water partition coefficient (Wildman–Crippen LogP) is 3.61. The summed E-state index contributed by atoms with van der Waals surface area (Å²) in [5.74, 6) is -1.44. The number of benzene rings is 1. The Kier molecular flexibility index (Phi) is 6.12. The van der Waals surface area contributed by atoms with Crippen LogP contribution in [-0.2, 0) is 17.1 Å². The van der Waals surface area contributed by atoms with Gasteiger partial charge in [0.1, 0.15) is 22.4 Å². The minimum Gasteiger partial charge on any atom is -0.343 e. The molecule has 1 aromatic carbocycles. The maximum atomic E-state index is 13.2. The average molecular weight is 442 g/mol. The lowest BCUT2D eigenvalue weighted by molar-refractivity contribution is -0.147. The number of hydrogen-bond donors (Lipinski definition) is 2. The smallest absolute Gasteiger partial charge is 0.343 e. The summed E-state index contributed by atoms with van der Waals surface area (Å²) in [5, 5.41) is 2.19. The number of rotatable bonds is 5. The van der Waals surface area contributed by atoms with Crippen molar-refractivity contribution >= 4 is 33.2 Å². The highest BCUT2D eigenvalue weighted by atomic mass is 35.5. The first-order valence-electron chi connectivity index (χ1n) is 7.76. The van der Waals surface area contributed by atoms with E-state index in [1.54, 1.807) is 0 Å². The number of carbonyl (C=O) groups is 1.